The predicted octanol–water partition coefficient (Wildman–Crippen LogP) is 2.84. The number of anilines is 1. The van der Waals surface area contributed by atoms with Crippen LogP contribution in [0.4, 0.5) is 5.13 Å². The van der Waals surface area contributed by atoms with Crippen molar-refractivity contribution < 1.29 is 4.79 Å². The summed E-state index contributed by atoms with van der Waals surface area (Å²) in [6, 6.07) is 3.35. The van der Waals surface area contributed by atoms with Gasteiger partial charge in [0.25, 0.3) is 5.91 Å². The Morgan fingerprint density at radius 1 is 1.21 bits per heavy atom. The molecule has 0 aromatic carbocycles. The maximum atomic E-state index is 11.9. The van der Waals surface area contributed by atoms with Gasteiger partial charge in [-0.05, 0) is 25.0 Å². The van der Waals surface area contributed by atoms with Gasteiger partial charge < -0.3 is 0 Å². The number of rotatable bonds is 3. The molecular weight excluding hydrogens is 260 g/mol. The molecule has 98 valence electrons. The summed E-state index contributed by atoms with van der Waals surface area (Å²) in [6.07, 6.45) is 8.10. The van der Waals surface area contributed by atoms with Crippen LogP contribution >= 0.6 is 11.3 Å². The molecule has 2 aromatic heterocycles. The van der Waals surface area contributed by atoms with Crippen molar-refractivity contribution in [3.8, 4) is 0 Å². The normalized spacial score (nSPS) is 15.6. The zero-order valence-electron chi connectivity index (χ0n) is 10.4. The molecule has 0 aliphatic heterocycles. The summed E-state index contributed by atoms with van der Waals surface area (Å²) in [5.74, 6) is 0.362. The molecule has 1 fully saturated rings. The molecule has 0 unspecified atom stereocenters. The molecule has 0 bridgehead atoms. The van der Waals surface area contributed by atoms with Crippen molar-refractivity contribution in [2.24, 2.45) is 0 Å². The molecule has 2 heterocycles. The molecular formula is C13H14N4OS. The van der Waals surface area contributed by atoms with E-state index in [1.807, 2.05) is 0 Å². The van der Waals surface area contributed by atoms with Crippen molar-refractivity contribution in [1.82, 2.24) is 15.2 Å². The topological polar surface area (TPSA) is 67.8 Å². The maximum absolute atomic E-state index is 11.9. The lowest BCUT2D eigenvalue weighted by Crippen LogP contribution is -2.11. The molecule has 1 saturated carbocycles. The quantitative estimate of drug-likeness (QED) is 0.934. The number of carbonyl (C=O) groups excluding carboxylic acids is 1. The number of nitrogens with one attached hydrogen (secondary N) is 1. The number of amides is 1. The van der Waals surface area contributed by atoms with Gasteiger partial charge in [0.1, 0.15) is 5.01 Å². The SMILES string of the molecule is O=C(Nc1nnc(C2CCCC2)s1)c1ccncc1. The lowest BCUT2D eigenvalue weighted by atomic mass is 10.1. The second-order valence-electron chi connectivity index (χ2n) is 4.62. The molecule has 3 rings (SSSR count). The Hall–Kier alpha value is -1.82. The van der Waals surface area contributed by atoms with Crippen molar-refractivity contribution in [1.29, 1.82) is 0 Å². The van der Waals surface area contributed by atoms with Crippen molar-refractivity contribution in [2.45, 2.75) is 31.6 Å². The highest BCUT2D eigenvalue weighted by molar-refractivity contribution is 7.15. The summed E-state index contributed by atoms with van der Waals surface area (Å²) >= 11 is 1.48. The average Bonchev–Trinajstić information content (AvgIpc) is 3.10. The van der Waals surface area contributed by atoms with Crippen LogP contribution < -0.4 is 5.32 Å². The number of carbonyl (C=O) groups is 1. The Balaban J connectivity index is 1.68. The summed E-state index contributed by atoms with van der Waals surface area (Å²) in [5, 5.41) is 12.6. The van der Waals surface area contributed by atoms with E-state index >= 15 is 0 Å². The van der Waals surface area contributed by atoms with Crippen molar-refractivity contribution >= 4 is 22.4 Å². The second-order valence-corrected chi connectivity index (χ2v) is 5.63. The fraction of sp³-hybridized carbons (Fsp3) is 0.385. The zero-order valence-corrected chi connectivity index (χ0v) is 11.2. The summed E-state index contributed by atoms with van der Waals surface area (Å²) < 4.78 is 0. The highest BCUT2D eigenvalue weighted by Gasteiger charge is 2.21. The highest BCUT2D eigenvalue weighted by Crippen LogP contribution is 2.36. The molecule has 0 atom stereocenters. The predicted molar refractivity (Wildman–Crippen MR) is 73.3 cm³/mol. The lowest BCUT2D eigenvalue weighted by molar-refractivity contribution is 0.102. The molecule has 6 heteroatoms. The van der Waals surface area contributed by atoms with Crippen LogP contribution in [0.3, 0.4) is 0 Å². The molecule has 0 spiro atoms. The Bertz CT molecular complexity index is 563. The lowest BCUT2D eigenvalue weighted by Gasteiger charge is -2.01. The molecule has 0 radical (unpaired) electrons. The van der Waals surface area contributed by atoms with Crippen molar-refractivity contribution in [3.05, 3.63) is 35.1 Å². The van der Waals surface area contributed by atoms with Crippen LogP contribution in [-0.4, -0.2) is 21.1 Å². The minimum atomic E-state index is -0.170. The van der Waals surface area contributed by atoms with Gasteiger partial charge in [0.15, 0.2) is 0 Å². The molecule has 1 amide bonds. The van der Waals surface area contributed by atoms with E-state index in [0.29, 0.717) is 16.6 Å². The van der Waals surface area contributed by atoms with E-state index in [-0.39, 0.29) is 5.91 Å². The van der Waals surface area contributed by atoms with Crippen LogP contribution in [0, 0.1) is 0 Å². The van der Waals surface area contributed by atoms with Crippen molar-refractivity contribution in [3.63, 3.8) is 0 Å². The number of pyridine rings is 1. The van der Waals surface area contributed by atoms with Gasteiger partial charge in [-0.1, -0.05) is 24.2 Å². The highest BCUT2D eigenvalue weighted by atomic mass is 32.1. The van der Waals surface area contributed by atoms with Crippen LogP contribution in [0.15, 0.2) is 24.5 Å². The number of nitrogens with zero attached hydrogens (tertiary/aromatic N) is 3. The summed E-state index contributed by atoms with van der Waals surface area (Å²) in [7, 11) is 0. The third kappa shape index (κ3) is 2.78. The molecule has 1 aliphatic carbocycles. The Kier molecular flexibility index (Phi) is 3.50. The monoisotopic (exact) mass is 274 g/mol. The van der Waals surface area contributed by atoms with E-state index in [4.69, 9.17) is 0 Å². The van der Waals surface area contributed by atoms with Gasteiger partial charge in [0.05, 0.1) is 0 Å². The van der Waals surface area contributed by atoms with Crippen molar-refractivity contribution in [2.75, 3.05) is 5.32 Å². The first-order valence-corrected chi connectivity index (χ1v) is 7.19. The Labute approximate surface area is 115 Å². The maximum Gasteiger partial charge on any atom is 0.257 e. The van der Waals surface area contributed by atoms with Crippen LogP contribution in [0.25, 0.3) is 0 Å². The number of aromatic nitrogens is 3. The van der Waals surface area contributed by atoms with E-state index in [1.165, 1.54) is 37.0 Å². The van der Waals surface area contributed by atoms with E-state index < -0.39 is 0 Å². The zero-order chi connectivity index (χ0) is 13.1. The Morgan fingerprint density at radius 3 is 2.68 bits per heavy atom. The van der Waals surface area contributed by atoms with E-state index in [2.05, 4.69) is 20.5 Å². The second kappa shape index (κ2) is 5.44. The fourth-order valence-corrected chi connectivity index (χ4v) is 3.20. The minimum absolute atomic E-state index is 0.170. The molecule has 1 aliphatic rings. The van der Waals surface area contributed by atoms with Gasteiger partial charge in [0, 0.05) is 23.9 Å². The summed E-state index contributed by atoms with van der Waals surface area (Å²) in [6.45, 7) is 0. The van der Waals surface area contributed by atoms with Gasteiger partial charge in [0.2, 0.25) is 5.13 Å². The minimum Gasteiger partial charge on any atom is -0.296 e. The van der Waals surface area contributed by atoms with Crippen LogP contribution in [0.2, 0.25) is 0 Å². The standard InChI is InChI=1S/C13H14N4OS/c18-11(9-5-7-14-8-6-9)15-13-17-16-12(19-13)10-3-1-2-4-10/h5-8,10H,1-4H2,(H,15,17,18). The van der Waals surface area contributed by atoms with Gasteiger partial charge >= 0.3 is 0 Å². The molecule has 5 nitrogen and oxygen atoms in total. The van der Waals surface area contributed by atoms with E-state index in [0.717, 1.165) is 5.01 Å². The fourth-order valence-electron chi connectivity index (χ4n) is 2.30. The van der Waals surface area contributed by atoms with Crippen LogP contribution in [-0.2, 0) is 0 Å². The average molecular weight is 274 g/mol. The Morgan fingerprint density at radius 2 is 1.95 bits per heavy atom. The first-order chi connectivity index (χ1) is 9.33. The summed E-state index contributed by atoms with van der Waals surface area (Å²) in [4.78, 5) is 15.8. The van der Waals surface area contributed by atoms with Gasteiger partial charge in [-0.2, -0.15) is 0 Å². The smallest absolute Gasteiger partial charge is 0.257 e. The van der Waals surface area contributed by atoms with Crippen LogP contribution in [0.5, 0.6) is 0 Å². The van der Waals surface area contributed by atoms with E-state index in [9.17, 15) is 4.79 Å². The van der Waals surface area contributed by atoms with E-state index in [1.54, 1.807) is 24.5 Å². The van der Waals surface area contributed by atoms with Gasteiger partial charge in [-0.25, -0.2) is 0 Å². The van der Waals surface area contributed by atoms with Gasteiger partial charge in [-0.3, -0.25) is 15.1 Å². The summed E-state index contributed by atoms with van der Waals surface area (Å²) in [5.41, 5.74) is 0.576. The van der Waals surface area contributed by atoms with Crippen LogP contribution in [0.1, 0.15) is 47.0 Å². The largest absolute Gasteiger partial charge is 0.296 e. The van der Waals surface area contributed by atoms with Gasteiger partial charge in [-0.15, -0.1) is 10.2 Å². The molecule has 0 saturated heterocycles. The third-order valence-electron chi connectivity index (χ3n) is 3.31. The number of hydrogen-bond acceptors (Lipinski definition) is 5. The first kappa shape index (κ1) is 12.2. The third-order valence-corrected chi connectivity index (χ3v) is 4.31. The molecule has 1 N–H and O–H groups in total. The number of hydrogen-bond donors (Lipinski definition) is 1. The molecule has 19 heavy (non-hydrogen) atoms. The first-order valence-electron chi connectivity index (χ1n) is 6.38. The molecule has 2 aromatic rings.